The standard InChI is InChI=1S/C7H16.C4H11N.C3H6O/c1-5-7(3,4)6-2;1-4-5(2)3;1-3(2)4/h5-6H2,1-4H3;4H2,1-3H3;1-2H3. The van der Waals surface area contributed by atoms with E-state index >= 15 is 0 Å². The molecule has 0 aliphatic heterocycles. The number of nitrogens with zero attached hydrogens (tertiary/aromatic N) is 1. The van der Waals surface area contributed by atoms with E-state index in [2.05, 4.69) is 53.6 Å². The maximum Gasteiger partial charge on any atom is 0.126 e. The molecule has 0 rings (SSSR count). The number of Topliss-reactive ketones (excluding diaryl/α,β-unsaturated/α-hetero) is 1. The Morgan fingerprint density at radius 1 is 1.00 bits per heavy atom. The first-order valence-corrected chi connectivity index (χ1v) is 6.24. The Hall–Kier alpha value is -0.370. The fraction of sp³-hybridized carbons (Fsp3) is 0.929. The fourth-order valence-electron chi connectivity index (χ4n) is 0.250. The molecule has 0 bridgehead atoms. The average molecular weight is 231 g/mol. The number of rotatable bonds is 3. The van der Waals surface area contributed by atoms with E-state index in [0.29, 0.717) is 5.41 Å². The lowest BCUT2D eigenvalue weighted by Crippen LogP contribution is -2.08. The van der Waals surface area contributed by atoms with Crippen LogP contribution < -0.4 is 0 Å². The second-order valence-corrected chi connectivity index (χ2v) is 5.18. The van der Waals surface area contributed by atoms with E-state index in [1.54, 1.807) is 0 Å². The highest BCUT2D eigenvalue weighted by Gasteiger charge is 2.09. The van der Waals surface area contributed by atoms with E-state index in [1.165, 1.54) is 26.7 Å². The molecule has 0 unspecified atom stereocenters. The molecule has 2 nitrogen and oxygen atoms in total. The minimum atomic E-state index is 0.167. The van der Waals surface area contributed by atoms with Crippen LogP contribution in [0.2, 0.25) is 0 Å². The zero-order valence-corrected chi connectivity index (χ0v) is 13.0. The highest BCUT2D eigenvalue weighted by molar-refractivity contribution is 5.72. The zero-order chi connectivity index (χ0) is 13.8. The summed E-state index contributed by atoms with van der Waals surface area (Å²) in [6.07, 6.45) is 2.59. The van der Waals surface area contributed by atoms with Gasteiger partial charge in [0.25, 0.3) is 0 Å². The molecule has 0 fully saturated rings. The average Bonchev–Trinajstić information content (AvgIpc) is 2.18. The van der Waals surface area contributed by atoms with Gasteiger partial charge in [-0.1, -0.05) is 47.5 Å². The summed E-state index contributed by atoms with van der Waals surface area (Å²) in [6.45, 7) is 15.4. The minimum Gasteiger partial charge on any atom is -0.310 e. The summed E-state index contributed by atoms with van der Waals surface area (Å²) in [5, 5.41) is 0. The smallest absolute Gasteiger partial charge is 0.126 e. The van der Waals surface area contributed by atoms with Crippen molar-refractivity contribution in [2.45, 2.75) is 61.3 Å². The summed E-state index contributed by atoms with van der Waals surface area (Å²) in [5.41, 5.74) is 0.583. The van der Waals surface area contributed by atoms with Gasteiger partial charge in [-0.3, -0.25) is 0 Å². The summed E-state index contributed by atoms with van der Waals surface area (Å²) in [4.78, 5) is 11.6. The second kappa shape index (κ2) is 12.7. The molecule has 0 atom stereocenters. The summed E-state index contributed by atoms with van der Waals surface area (Å²) >= 11 is 0. The van der Waals surface area contributed by atoms with E-state index < -0.39 is 0 Å². The number of carbonyl (C=O) groups excluding carboxylic acids is 1. The van der Waals surface area contributed by atoms with E-state index in [9.17, 15) is 4.79 Å². The van der Waals surface area contributed by atoms with Crippen LogP contribution in [0.5, 0.6) is 0 Å². The number of hydrogen-bond acceptors (Lipinski definition) is 2. The van der Waals surface area contributed by atoms with Crippen molar-refractivity contribution in [2.24, 2.45) is 5.41 Å². The normalized spacial score (nSPS) is 9.88. The lowest BCUT2D eigenvalue weighted by atomic mass is 9.88. The van der Waals surface area contributed by atoms with Gasteiger partial charge in [0.15, 0.2) is 0 Å². The summed E-state index contributed by atoms with van der Waals surface area (Å²) in [5.74, 6) is 0.167. The molecule has 0 aliphatic carbocycles. The Balaban J connectivity index is -0.000000166. The third kappa shape index (κ3) is 37.3. The van der Waals surface area contributed by atoms with Crippen molar-refractivity contribution in [3.05, 3.63) is 0 Å². The van der Waals surface area contributed by atoms with Crippen LogP contribution in [0.25, 0.3) is 0 Å². The molecule has 0 saturated carbocycles. The largest absolute Gasteiger partial charge is 0.310 e. The maximum absolute atomic E-state index is 9.44. The van der Waals surface area contributed by atoms with Gasteiger partial charge in [0.05, 0.1) is 0 Å². The van der Waals surface area contributed by atoms with Crippen molar-refractivity contribution in [3.63, 3.8) is 0 Å². The molecule has 0 radical (unpaired) electrons. The van der Waals surface area contributed by atoms with Crippen LogP contribution >= 0.6 is 0 Å². The van der Waals surface area contributed by atoms with Gasteiger partial charge in [0, 0.05) is 0 Å². The van der Waals surface area contributed by atoms with Crippen LogP contribution in [-0.4, -0.2) is 31.3 Å². The highest BCUT2D eigenvalue weighted by atomic mass is 16.1. The van der Waals surface area contributed by atoms with Crippen molar-refractivity contribution < 1.29 is 4.79 Å². The van der Waals surface area contributed by atoms with Gasteiger partial charge in [0.2, 0.25) is 0 Å². The van der Waals surface area contributed by atoms with Gasteiger partial charge in [-0.25, -0.2) is 0 Å². The highest BCUT2D eigenvalue weighted by Crippen LogP contribution is 2.22. The van der Waals surface area contributed by atoms with Gasteiger partial charge < -0.3 is 9.69 Å². The van der Waals surface area contributed by atoms with Crippen molar-refractivity contribution in [2.75, 3.05) is 20.6 Å². The van der Waals surface area contributed by atoms with Crippen molar-refractivity contribution >= 4 is 5.78 Å². The molecule has 0 aromatic rings. The van der Waals surface area contributed by atoms with Crippen molar-refractivity contribution in [1.29, 1.82) is 0 Å². The van der Waals surface area contributed by atoms with Crippen LogP contribution in [0.1, 0.15) is 61.3 Å². The van der Waals surface area contributed by atoms with Crippen LogP contribution in [0, 0.1) is 5.41 Å². The molecule has 0 spiro atoms. The van der Waals surface area contributed by atoms with Gasteiger partial charge in [-0.05, 0) is 39.9 Å². The van der Waals surface area contributed by atoms with E-state index in [-0.39, 0.29) is 5.78 Å². The first kappa shape index (κ1) is 21.0. The van der Waals surface area contributed by atoms with E-state index in [4.69, 9.17) is 0 Å². The molecule has 0 heterocycles. The maximum atomic E-state index is 9.44. The van der Waals surface area contributed by atoms with Gasteiger partial charge in [-0.15, -0.1) is 0 Å². The minimum absolute atomic E-state index is 0.167. The summed E-state index contributed by atoms with van der Waals surface area (Å²) < 4.78 is 0. The molecular formula is C14H33NO. The Morgan fingerprint density at radius 3 is 1.19 bits per heavy atom. The van der Waals surface area contributed by atoms with Gasteiger partial charge in [-0.2, -0.15) is 0 Å². The quantitative estimate of drug-likeness (QED) is 0.732. The zero-order valence-electron chi connectivity index (χ0n) is 13.0. The molecule has 0 N–H and O–H groups in total. The Kier molecular flexibility index (Phi) is 16.6. The Bertz CT molecular complexity index is 141. The number of ketones is 1. The topological polar surface area (TPSA) is 20.3 Å². The van der Waals surface area contributed by atoms with Crippen LogP contribution in [0.3, 0.4) is 0 Å². The lowest BCUT2D eigenvalue weighted by Gasteiger charge is -2.18. The van der Waals surface area contributed by atoms with Gasteiger partial charge >= 0.3 is 0 Å². The Morgan fingerprint density at radius 2 is 1.19 bits per heavy atom. The molecule has 0 amide bonds. The number of carbonyl (C=O) groups is 1. The number of hydrogen-bond donors (Lipinski definition) is 0. The molecule has 0 aromatic heterocycles. The SMILES string of the molecule is CC(C)=O.CCC(C)(C)CC.CCN(C)C. The van der Waals surface area contributed by atoms with Crippen LogP contribution in [-0.2, 0) is 4.79 Å². The van der Waals surface area contributed by atoms with Crippen LogP contribution in [0.15, 0.2) is 0 Å². The molecule has 0 aliphatic rings. The fourth-order valence-corrected chi connectivity index (χ4v) is 0.250. The molecular weight excluding hydrogens is 198 g/mol. The Labute approximate surface area is 103 Å². The molecule has 100 valence electrons. The monoisotopic (exact) mass is 231 g/mol. The first-order valence-electron chi connectivity index (χ1n) is 6.24. The second-order valence-electron chi connectivity index (χ2n) is 5.18. The van der Waals surface area contributed by atoms with Crippen molar-refractivity contribution in [3.8, 4) is 0 Å². The lowest BCUT2D eigenvalue weighted by molar-refractivity contribution is -0.114. The predicted molar refractivity (Wildman–Crippen MR) is 74.9 cm³/mol. The molecule has 16 heavy (non-hydrogen) atoms. The van der Waals surface area contributed by atoms with Gasteiger partial charge in [0.1, 0.15) is 5.78 Å². The third-order valence-corrected chi connectivity index (χ3v) is 2.55. The predicted octanol–water partition coefficient (Wildman–Crippen LogP) is 4.00. The van der Waals surface area contributed by atoms with Crippen LogP contribution in [0.4, 0.5) is 0 Å². The third-order valence-electron chi connectivity index (χ3n) is 2.55. The summed E-state index contributed by atoms with van der Waals surface area (Å²) in [6, 6.07) is 0. The molecule has 0 saturated heterocycles. The molecule has 2 heteroatoms. The summed E-state index contributed by atoms with van der Waals surface area (Å²) in [7, 11) is 4.11. The van der Waals surface area contributed by atoms with E-state index in [1.807, 2.05) is 0 Å². The molecule has 0 aromatic carbocycles. The van der Waals surface area contributed by atoms with E-state index in [0.717, 1.165) is 6.54 Å². The van der Waals surface area contributed by atoms with Crippen molar-refractivity contribution in [1.82, 2.24) is 4.90 Å². The first-order chi connectivity index (χ1) is 7.12.